The molecule has 1 fully saturated rings. The molecule has 1 aliphatic heterocycles. The molecule has 1 aromatic heterocycles. The molecule has 3 rings (SSSR count). The molecule has 0 aliphatic carbocycles. The molecule has 1 aromatic carbocycles. The van der Waals surface area contributed by atoms with E-state index < -0.39 is 0 Å². The monoisotopic (exact) mass is 325 g/mol. The Balaban J connectivity index is 1.71. The Morgan fingerprint density at radius 1 is 1.33 bits per heavy atom. The zero-order valence-corrected chi connectivity index (χ0v) is 13.9. The largest absolute Gasteiger partial charge is 0.381 e. The van der Waals surface area contributed by atoms with E-state index in [1.54, 1.807) is 17.3 Å². The molecule has 2 heterocycles. The number of anilines is 2. The standard InChI is InChI=1S/C19H23N3O2/c1-2-22(17-7-4-3-5-8-17)19(23)15-11-16(13-20-12-15)21-14-18-9-6-10-24-18/h3-5,7-8,11-13,18,21H,2,6,9-10,14H2,1H3. The lowest BCUT2D eigenvalue weighted by atomic mass is 10.2. The first-order valence-corrected chi connectivity index (χ1v) is 8.45. The van der Waals surface area contributed by atoms with Crippen LogP contribution in [0.3, 0.4) is 0 Å². The van der Waals surface area contributed by atoms with Gasteiger partial charge in [-0.1, -0.05) is 18.2 Å². The van der Waals surface area contributed by atoms with Gasteiger partial charge in [0.15, 0.2) is 0 Å². The number of hydrogen-bond donors (Lipinski definition) is 1. The molecule has 5 nitrogen and oxygen atoms in total. The van der Waals surface area contributed by atoms with Crippen molar-refractivity contribution in [3.8, 4) is 0 Å². The third kappa shape index (κ3) is 3.92. The second kappa shape index (κ2) is 7.93. The van der Waals surface area contributed by atoms with Gasteiger partial charge < -0.3 is 15.0 Å². The second-order valence-corrected chi connectivity index (χ2v) is 5.86. The molecular formula is C19H23N3O2. The van der Waals surface area contributed by atoms with Crippen LogP contribution in [0.25, 0.3) is 0 Å². The van der Waals surface area contributed by atoms with Crippen LogP contribution >= 0.6 is 0 Å². The average molecular weight is 325 g/mol. The first kappa shape index (κ1) is 16.5. The van der Waals surface area contributed by atoms with Crippen LogP contribution in [0.15, 0.2) is 48.8 Å². The van der Waals surface area contributed by atoms with Crippen LogP contribution in [-0.2, 0) is 4.74 Å². The maximum atomic E-state index is 12.8. The Morgan fingerprint density at radius 3 is 2.88 bits per heavy atom. The summed E-state index contributed by atoms with van der Waals surface area (Å²) in [5.41, 5.74) is 2.32. The van der Waals surface area contributed by atoms with Gasteiger partial charge in [-0.15, -0.1) is 0 Å². The lowest BCUT2D eigenvalue weighted by Gasteiger charge is -2.21. The number of amides is 1. The minimum absolute atomic E-state index is 0.0445. The average Bonchev–Trinajstić information content (AvgIpc) is 3.15. The molecule has 1 aliphatic rings. The molecule has 24 heavy (non-hydrogen) atoms. The molecule has 5 heteroatoms. The molecule has 2 aromatic rings. The minimum atomic E-state index is -0.0445. The second-order valence-electron chi connectivity index (χ2n) is 5.86. The summed E-state index contributed by atoms with van der Waals surface area (Å²) in [5, 5.41) is 3.32. The van der Waals surface area contributed by atoms with Crippen LogP contribution in [0.1, 0.15) is 30.1 Å². The first-order chi connectivity index (χ1) is 11.8. The molecule has 1 N–H and O–H groups in total. The number of hydrogen-bond acceptors (Lipinski definition) is 4. The number of carbonyl (C=O) groups excluding carboxylic acids is 1. The minimum Gasteiger partial charge on any atom is -0.381 e. The van der Waals surface area contributed by atoms with Crippen molar-refractivity contribution in [3.63, 3.8) is 0 Å². The maximum absolute atomic E-state index is 12.8. The Bertz CT molecular complexity index is 669. The number of carbonyl (C=O) groups is 1. The number of para-hydroxylation sites is 1. The number of benzene rings is 1. The van der Waals surface area contributed by atoms with E-state index >= 15 is 0 Å². The zero-order valence-electron chi connectivity index (χ0n) is 13.9. The topological polar surface area (TPSA) is 54.5 Å². The highest BCUT2D eigenvalue weighted by molar-refractivity contribution is 6.06. The quantitative estimate of drug-likeness (QED) is 0.885. The highest BCUT2D eigenvalue weighted by Crippen LogP contribution is 2.18. The van der Waals surface area contributed by atoms with Crippen molar-refractivity contribution in [2.45, 2.75) is 25.9 Å². The number of nitrogens with one attached hydrogen (secondary N) is 1. The molecule has 1 saturated heterocycles. The number of nitrogens with zero attached hydrogens (tertiary/aromatic N) is 2. The fourth-order valence-electron chi connectivity index (χ4n) is 2.90. The van der Waals surface area contributed by atoms with E-state index in [4.69, 9.17) is 4.74 Å². The molecule has 0 radical (unpaired) electrons. The van der Waals surface area contributed by atoms with E-state index in [2.05, 4.69) is 10.3 Å². The Hall–Kier alpha value is -2.40. The fraction of sp³-hybridized carbons (Fsp3) is 0.368. The lowest BCUT2D eigenvalue weighted by Crippen LogP contribution is -2.30. The molecular weight excluding hydrogens is 302 g/mol. The van der Waals surface area contributed by atoms with Crippen LogP contribution < -0.4 is 10.2 Å². The molecule has 1 atom stereocenters. The van der Waals surface area contributed by atoms with Crippen molar-refractivity contribution < 1.29 is 9.53 Å². The van der Waals surface area contributed by atoms with Crippen molar-refractivity contribution in [2.75, 3.05) is 29.9 Å². The summed E-state index contributed by atoms with van der Waals surface area (Å²) in [5.74, 6) is -0.0445. The number of pyridine rings is 1. The van der Waals surface area contributed by atoms with Gasteiger partial charge in [-0.25, -0.2) is 0 Å². The summed E-state index contributed by atoms with van der Waals surface area (Å²) in [4.78, 5) is 18.8. The van der Waals surface area contributed by atoms with Crippen molar-refractivity contribution in [1.82, 2.24) is 4.98 Å². The van der Waals surface area contributed by atoms with Gasteiger partial charge in [0.25, 0.3) is 5.91 Å². The van der Waals surface area contributed by atoms with Gasteiger partial charge in [0.1, 0.15) is 0 Å². The molecule has 0 bridgehead atoms. The summed E-state index contributed by atoms with van der Waals surface area (Å²) in [7, 11) is 0. The molecule has 1 amide bonds. The molecule has 126 valence electrons. The van der Waals surface area contributed by atoms with Gasteiger partial charge in [-0.05, 0) is 38.0 Å². The van der Waals surface area contributed by atoms with E-state index in [-0.39, 0.29) is 12.0 Å². The Kier molecular flexibility index (Phi) is 5.43. The van der Waals surface area contributed by atoms with Crippen LogP contribution in [-0.4, -0.2) is 36.7 Å². The number of aromatic nitrogens is 1. The van der Waals surface area contributed by atoms with Crippen LogP contribution in [0.4, 0.5) is 11.4 Å². The van der Waals surface area contributed by atoms with Crippen LogP contribution in [0.5, 0.6) is 0 Å². The van der Waals surface area contributed by atoms with Gasteiger partial charge in [0.2, 0.25) is 0 Å². The third-order valence-electron chi connectivity index (χ3n) is 4.17. The van der Waals surface area contributed by atoms with E-state index in [0.29, 0.717) is 12.1 Å². The lowest BCUT2D eigenvalue weighted by molar-refractivity contribution is 0.0988. The SMILES string of the molecule is CCN(C(=O)c1cncc(NCC2CCCO2)c1)c1ccccc1. The summed E-state index contributed by atoms with van der Waals surface area (Å²) in [6, 6.07) is 11.5. The third-order valence-corrected chi connectivity index (χ3v) is 4.17. The fourth-order valence-corrected chi connectivity index (χ4v) is 2.90. The van der Waals surface area contributed by atoms with Crippen molar-refractivity contribution in [1.29, 1.82) is 0 Å². The highest BCUT2D eigenvalue weighted by Gasteiger charge is 2.18. The van der Waals surface area contributed by atoms with Crippen molar-refractivity contribution in [2.24, 2.45) is 0 Å². The maximum Gasteiger partial charge on any atom is 0.259 e. The van der Waals surface area contributed by atoms with E-state index in [0.717, 1.165) is 37.4 Å². The summed E-state index contributed by atoms with van der Waals surface area (Å²) in [6.45, 7) is 4.16. The molecule has 0 spiro atoms. The van der Waals surface area contributed by atoms with E-state index in [9.17, 15) is 4.79 Å². The van der Waals surface area contributed by atoms with Gasteiger partial charge in [-0.2, -0.15) is 0 Å². The van der Waals surface area contributed by atoms with Crippen LogP contribution in [0, 0.1) is 0 Å². The zero-order chi connectivity index (χ0) is 16.8. The summed E-state index contributed by atoms with van der Waals surface area (Å²) >= 11 is 0. The normalized spacial score (nSPS) is 16.8. The van der Waals surface area contributed by atoms with Crippen molar-refractivity contribution >= 4 is 17.3 Å². The number of rotatable bonds is 6. The van der Waals surface area contributed by atoms with E-state index in [1.807, 2.05) is 43.3 Å². The van der Waals surface area contributed by atoms with Gasteiger partial charge in [-0.3, -0.25) is 9.78 Å². The highest BCUT2D eigenvalue weighted by atomic mass is 16.5. The number of ether oxygens (including phenoxy) is 1. The Morgan fingerprint density at radius 2 is 2.17 bits per heavy atom. The van der Waals surface area contributed by atoms with Gasteiger partial charge in [0.05, 0.1) is 17.4 Å². The van der Waals surface area contributed by atoms with Gasteiger partial charge in [0, 0.05) is 37.8 Å². The summed E-state index contributed by atoms with van der Waals surface area (Å²) < 4.78 is 5.61. The summed E-state index contributed by atoms with van der Waals surface area (Å²) in [6.07, 6.45) is 5.80. The predicted octanol–water partition coefficient (Wildman–Crippen LogP) is 3.34. The van der Waals surface area contributed by atoms with Crippen molar-refractivity contribution in [3.05, 3.63) is 54.4 Å². The molecule has 1 unspecified atom stereocenters. The predicted molar refractivity (Wildman–Crippen MR) is 95.5 cm³/mol. The van der Waals surface area contributed by atoms with Gasteiger partial charge >= 0.3 is 0 Å². The first-order valence-electron chi connectivity index (χ1n) is 8.45. The van der Waals surface area contributed by atoms with Crippen LogP contribution in [0.2, 0.25) is 0 Å². The smallest absolute Gasteiger partial charge is 0.259 e. The molecule has 0 saturated carbocycles. The Labute approximate surface area is 142 Å². The van der Waals surface area contributed by atoms with E-state index in [1.165, 1.54) is 0 Å².